The molecule has 0 saturated carbocycles. The van der Waals surface area contributed by atoms with E-state index in [0.29, 0.717) is 4.47 Å². The van der Waals surface area contributed by atoms with Crippen LogP contribution in [0, 0.1) is 5.82 Å². The van der Waals surface area contributed by atoms with Crippen molar-refractivity contribution in [1.82, 2.24) is 5.32 Å². The van der Waals surface area contributed by atoms with Crippen LogP contribution in [0.1, 0.15) is 17.3 Å². The van der Waals surface area contributed by atoms with Crippen molar-refractivity contribution in [3.63, 3.8) is 0 Å². The van der Waals surface area contributed by atoms with Crippen LogP contribution in [-0.2, 0) is 0 Å². The van der Waals surface area contributed by atoms with Crippen LogP contribution >= 0.6 is 15.9 Å². The van der Waals surface area contributed by atoms with Crippen LogP contribution in [0.2, 0.25) is 0 Å². The summed E-state index contributed by atoms with van der Waals surface area (Å²) in [6.07, 6.45) is -0.653. The van der Waals surface area contributed by atoms with E-state index in [1.807, 2.05) is 0 Å². The quantitative estimate of drug-likeness (QED) is 0.882. The number of benzene rings is 1. The van der Waals surface area contributed by atoms with Crippen molar-refractivity contribution in [3.05, 3.63) is 34.1 Å². The van der Waals surface area contributed by atoms with Crippen LogP contribution in [0.15, 0.2) is 22.7 Å². The van der Waals surface area contributed by atoms with E-state index in [4.69, 9.17) is 5.11 Å². The Bertz CT molecular complexity index is 348. The Kier molecular flexibility index (Phi) is 4.23. The van der Waals surface area contributed by atoms with E-state index in [1.165, 1.54) is 19.1 Å². The molecule has 3 nitrogen and oxygen atoms in total. The van der Waals surface area contributed by atoms with Crippen molar-refractivity contribution in [2.45, 2.75) is 13.0 Å². The van der Waals surface area contributed by atoms with Gasteiger partial charge in [0, 0.05) is 11.0 Å². The normalized spacial score (nSPS) is 12.3. The highest BCUT2D eigenvalue weighted by Crippen LogP contribution is 2.19. The summed E-state index contributed by atoms with van der Waals surface area (Å²) in [5.74, 6) is -1.13. The smallest absolute Gasteiger partial charge is 0.255 e. The first kappa shape index (κ1) is 12.1. The Balaban J connectivity index is 2.82. The Morgan fingerprint density at radius 2 is 2.33 bits per heavy atom. The van der Waals surface area contributed by atoms with Gasteiger partial charge in [0.1, 0.15) is 5.82 Å². The molecule has 1 aromatic carbocycles. The van der Waals surface area contributed by atoms with Crippen molar-refractivity contribution in [2.75, 3.05) is 6.54 Å². The molecule has 0 heterocycles. The molecule has 0 bridgehead atoms. The van der Waals surface area contributed by atoms with Gasteiger partial charge < -0.3 is 10.4 Å². The third-order valence-corrected chi connectivity index (χ3v) is 2.41. The Morgan fingerprint density at radius 3 is 2.87 bits per heavy atom. The number of carbonyl (C=O) groups is 1. The summed E-state index contributed by atoms with van der Waals surface area (Å²) < 4.78 is 13.7. The standard InChI is InChI=1S/C10H11BrFNO2/c1-6(14)5-13-10(15)9-7(11)3-2-4-8(9)12/h2-4,6,14H,5H2,1H3,(H,13,15)/t6-/m0/s1. The summed E-state index contributed by atoms with van der Waals surface area (Å²) in [5.41, 5.74) is -0.0434. The van der Waals surface area contributed by atoms with Gasteiger partial charge in [-0.1, -0.05) is 6.07 Å². The molecule has 0 radical (unpaired) electrons. The lowest BCUT2D eigenvalue weighted by atomic mass is 10.2. The monoisotopic (exact) mass is 275 g/mol. The molecule has 0 fully saturated rings. The maximum Gasteiger partial charge on any atom is 0.255 e. The van der Waals surface area contributed by atoms with Crippen molar-refractivity contribution < 1.29 is 14.3 Å². The predicted octanol–water partition coefficient (Wildman–Crippen LogP) is 1.70. The fourth-order valence-electron chi connectivity index (χ4n) is 1.04. The second-order valence-corrected chi connectivity index (χ2v) is 4.01. The van der Waals surface area contributed by atoms with Crippen molar-refractivity contribution >= 4 is 21.8 Å². The van der Waals surface area contributed by atoms with Crippen LogP contribution in [0.5, 0.6) is 0 Å². The lowest BCUT2D eigenvalue weighted by molar-refractivity contribution is 0.0919. The van der Waals surface area contributed by atoms with E-state index < -0.39 is 17.8 Å². The zero-order valence-corrected chi connectivity index (χ0v) is 9.71. The predicted molar refractivity (Wildman–Crippen MR) is 58.1 cm³/mol. The van der Waals surface area contributed by atoms with Crippen molar-refractivity contribution in [3.8, 4) is 0 Å². The SMILES string of the molecule is C[C@H](O)CNC(=O)c1c(F)cccc1Br. The molecule has 0 unspecified atom stereocenters. The van der Waals surface area contributed by atoms with Gasteiger partial charge in [-0.25, -0.2) is 4.39 Å². The minimum absolute atomic E-state index is 0.0434. The second kappa shape index (κ2) is 5.23. The fraction of sp³-hybridized carbons (Fsp3) is 0.300. The molecule has 0 aromatic heterocycles. The van der Waals surface area contributed by atoms with Crippen molar-refractivity contribution in [2.24, 2.45) is 0 Å². The summed E-state index contributed by atoms with van der Waals surface area (Å²) >= 11 is 3.09. The molecule has 5 heteroatoms. The number of rotatable bonds is 3. The molecule has 82 valence electrons. The molecule has 0 aliphatic heterocycles. The van der Waals surface area contributed by atoms with E-state index in [2.05, 4.69) is 21.2 Å². The number of nitrogens with one attached hydrogen (secondary N) is 1. The van der Waals surface area contributed by atoms with E-state index >= 15 is 0 Å². The van der Waals surface area contributed by atoms with Crippen LogP contribution in [0.4, 0.5) is 4.39 Å². The van der Waals surface area contributed by atoms with E-state index in [1.54, 1.807) is 6.07 Å². The van der Waals surface area contributed by atoms with Crippen LogP contribution in [-0.4, -0.2) is 23.7 Å². The zero-order valence-electron chi connectivity index (χ0n) is 8.13. The lowest BCUT2D eigenvalue weighted by Gasteiger charge is -2.08. The van der Waals surface area contributed by atoms with E-state index in [0.717, 1.165) is 0 Å². The van der Waals surface area contributed by atoms with Crippen molar-refractivity contribution in [1.29, 1.82) is 0 Å². The van der Waals surface area contributed by atoms with Gasteiger partial charge in [0.25, 0.3) is 5.91 Å². The molecular weight excluding hydrogens is 265 g/mol. The van der Waals surface area contributed by atoms with Gasteiger partial charge in [0.2, 0.25) is 0 Å². The number of hydrogen-bond acceptors (Lipinski definition) is 2. The van der Waals surface area contributed by atoms with E-state index in [-0.39, 0.29) is 12.1 Å². The molecule has 0 saturated heterocycles. The molecule has 1 amide bonds. The molecule has 1 aromatic rings. The van der Waals surface area contributed by atoms with Crippen LogP contribution < -0.4 is 5.32 Å². The first-order valence-corrected chi connectivity index (χ1v) is 5.22. The molecule has 2 N–H and O–H groups in total. The Labute approximate surface area is 95.4 Å². The second-order valence-electron chi connectivity index (χ2n) is 3.16. The Hall–Kier alpha value is -0.940. The van der Waals surface area contributed by atoms with Crippen LogP contribution in [0.3, 0.4) is 0 Å². The summed E-state index contributed by atoms with van der Waals surface area (Å²) in [6, 6.07) is 4.30. The number of aliphatic hydroxyl groups excluding tert-OH is 1. The third-order valence-electron chi connectivity index (χ3n) is 1.75. The highest BCUT2D eigenvalue weighted by Gasteiger charge is 2.15. The summed E-state index contributed by atoms with van der Waals surface area (Å²) in [6.45, 7) is 1.64. The van der Waals surface area contributed by atoms with Gasteiger partial charge in [-0.2, -0.15) is 0 Å². The number of halogens is 2. The summed E-state index contributed by atoms with van der Waals surface area (Å²) in [5, 5.41) is 11.4. The van der Waals surface area contributed by atoms with Gasteiger partial charge in [0.05, 0.1) is 11.7 Å². The largest absolute Gasteiger partial charge is 0.392 e. The number of hydrogen-bond donors (Lipinski definition) is 2. The van der Waals surface area contributed by atoms with Gasteiger partial charge in [-0.3, -0.25) is 4.79 Å². The molecule has 1 rings (SSSR count). The van der Waals surface area contributed by atoms with Gasteiger partial charge in [0.15, 0.2) is 0 Å². The maximum atomic E-state index is 13.3. The number of aliphatic hydroxyl groups is 1. The average Bonchev–Trinajstić information content (AvgIpc) is 2.14. The minimum atomic E-state index is -0.653. The maximum absolute atomic E-state index is 13.3. The number of amides is 1. The molecule has 0 aliphatic carbocycles. The summed E-state index contributed by atoms with van der Waals surface area (Å²) in [7, 11) is 0. The third kappa shape index (κ3) is 3.28. The van der Waals surface area contributed by atoms with E-state index in [9.17, 15) is 9.18 Å². The Morgan fingerprint density at radius 1 is 1.67 bits per heavy atom. The number of carbonyl (C=O) groups excluding carboxylic acids is 1. The molecule has 0 spiro atoms. The zero-order chi connectivity index (χ0) is 11.4. The molecule has 1 atom stereocenters. The van der Waals surface area contributed by atoms with Gasteiger partial charge in [-0.15, -0.1) is 0 Å². The minimum Gasteiger partial charge on any atom is -0.392 e. The highest BCUT2D eigenvalue weighted by atomic mass is 79.9. The first-order chi connectivity index (χ1) is 7.02. The lowest BCUT2D eigenvalue weighted by Crippen LogP contribution is -2.31. The molecule has 0 aliphatic rings. The topological polar surface area (TPSA) is 49.3 Å². The van der Waals surface area contributed by atoms with Crippen LogP contribution in [0.25, 0.3) is 0 Å². The summed E-state index contributed by atoms with van der Waals surface area (Å²) in [4.78, 5) is 11.5. The first-order valence-electron chi connectivity index (χ1n) is 4.42. The van der Waals surface area contributed by atoms with Gasteiger partial charge in [-0.05, 0) is 35.0 Å². The van der Waals surface area contributed by atoms with Gasteiger partial charge >= 0.3 is 0 Å². The molecular formula is C10H11BrFNO2. The fourth-order valence-corrected chi connectivity index (χ4v) is 1.57. The molecule has 15 heavy (non-hydrogen) atoms. The highest BCUT2D eigenvalue weighted by molar-refractivity contribution is 9.10. The average molecular weight is 276 g/mol.